The molecule has 1 rings (SSSR count). The summed E-state index contributed by atoms with van der Waals surface area (Å²) in [5.41, 5.74) is 0. The van der Waals surface area contributed by atoms with Crippen molar-refractivity contribution in [2.75, 3.05) is 38.5 Å². The fourth-order valence-corrected chi connectivity index (χ4v) is 2.22. The van der Waals surface area contributed by atoms with Crippen molar-refractivity contribution in [3.63, 3.8) is 0 Å². The number of nitrogens with one attached hydrogen (secondary N) is 1. The van der Waals surface area contributed by atoms with Gasteiger partial charge in [0.15, 0.2) is 0 Å². The summed E-state index contributed by atoms with van der Waals surface area (Å²) in [6, 6.07) is 0.130. The van der Waals surface area contributed by atoms with E-state index in [9.17, 15) is 13.0 Å². The number of piperazine rings is 1. The molecule has 1 saturated heterocycles. The zero-order valence-corrected chi connectivity index (χ0v) is 13.5. The van der Waals surface area contributed by atoms with Crippen molar-refractivity contribution < 1.29 is 69.5 Å². The van der Waals surface area contributed by atoms with Gasteiger partial charge in [0.1, 0.15) is 0 Å². The summed E-state index contributed by atoms with van der Waals surface area (Å²) in [5.74, 6) is -0.352. The first-order chi connectivity index (χ1) is 7.03. The maximum Gasteiger partial charge on any atom is 1.00 e. The van der Waals surface area contributed by atoms with Crippen molar-refractivity contribution in [1.29, 1.82) is 0 Å². The second kappa shape index (κ2) is 8.51. The van der Waals surface area contributed by atoms with Crippen LogP contribution >= 0.6 is 0 Å². The molecule has 6 nitrogen and oxygen atoms in total. The monoisotopic (exact) mass is 276 g/mol. The van der Waals surface area contributed by atoms with Crippen LogP contribution in [0.3, 0.4) is 0 Å². The Morgan fingerprint density at radius 1 is 1.50 bits per heavy atom. The minimum atomic E-state index is -4.14. The summed E-state index contributed by atoms with van der Waals surface area (Å²) >= 11 is 0. The third kappa shape index (κ3) is 6.99. The molecule has 1 aliphatic rings. The van der Waals surface area contributed by atoms with E-state index in [4.69, 9.17) is 5.11 Å². The summed E-state index contributed by atoms with van der Waals surface area (Å²) in [7, 11) is -4.14. The van der Waals surface area contributed by atoms with Crippen LogP contribution in [0.15, 0.2) is 0 Å². The second-order valence-electron chi connectivity index (χ2n) is 3.67. The molecule has 0 aliphatic carbocycles. The van der Waals surface area contributed by atoms with Gasteiger partial charge in [0.05, 0.1) is 15.9 Å². The maximum atomic E-state index is 10.5. The van der Waals surface area contributed by atoms with Crippen LogP contribution in [0.2, 0.25) is 0 Å². The molecular formula is C8H17KN2O4S. The third-order valence-electron chi connectivity index (χ3n) is 2.56. The molecule has 1 unspecified atom stereocenters. The Kier molecular flexibility index (Phi) is 9.27. The van der Waals surface area contributed by atoms with Crippen LogP contribution in [-0.2, 0) is 10.1 Å². The minimum Gasteiger partial charge on any atom is -0.748 e. The van der Waals surface area contributed by atoms with Gasteiger partial charge in [-0.25, -0.2) is 8.42 Å². The molecule has 0 bridgehead atoms. The third-order valence-corrected chi connectivity index (χ3v) is 3.25. The van der Waals surface area contributed by atoms with E-state index in [1.165, 1.54) is 0 Å². The van der Waals surface area contributed by atoms with Crippen molar-refractivity contribution in [2.45, 2.75) is 12.5 Å². The average Bonchev–Trinajstić information content (AvgIpc) is 2.16. The molecule has 0 amide bonds. The SMILES string of the molecule is O=S(=O)([O-])CCN1CCNCC1CCO.[K+]. The molecule has 1 heterocycles. The standard InChI is InChI=1S/C8H18N2O4S.K/c11-5-1-8-7-9-2-3-10(8)4-6-15(12,13)14;/h8-9,11H,1-7H2,(H,12,13,14);/q;+1/p-1. The van der Waals surface area contributed by atoms with E-state index < -0.39 is 10.1 Å². The number of aliphatic hydroxyl groups is 1. The van der Waals surface area contributed by atoms with Crippen LogP contribution in [0.5, 0.6) is 0 Å². The molecule has 0 aromatic rings. The summed E-state index contributed by atoms with van der Waals surface area (Å²) in [5, 5.41) is 12.0. The van der Waals surface area contributed by atoms with E-state index in [2.05, 4.69) is 5.32 Å². The first-order valence-electron chi connectivity index (χ1n) is 5.02. The Morgan fingerprint density at radius 3 is 2.75 bits per heavy atom. The van der Waals surface area contributed by atoms with Gasteiger partial charge >= 0.3 is 51.4 Å². The fourth-order valence-electron chi connectivity index (χ4n) is 1.76. The van der Waals surface area contributed by atoms with Gasteiger partial charge in [-0.05, 0) is 6.42 Å². The van der Waals surface area contributed by atoms with E-state index in [0.717, 1.165) is 19.6 Å². The topological polar surface area (TPSA) is 92.7 Å². The Balaban J connectivity index is 0.00000225. The predicted octanol–water partition coefficient (Wildman–Crippen LogP) is -4.81. The summed E-state index contributed by atoms with van der Waals surface area (Å²) in [6.45, 7) is 2.59. The molecule has 0 spiro atoms. The van der Waals surface area contributed by atoms with Gasteiger partial charge in [-0.1, -0.05) is 0 Å². The molecule has 0 saturated carbocycles. The van der Waals surface area contributed by atoms with Gasteiger partial charge in [-0.2, -0.15) is 0 Å². The quantitative estimate of drug-likeness (QED) is 0.387. The van der Waals surface area contributed by atoms with Crippen molar-refractivity contribution in [1.82, 2.24) is 10.2 Å². The smallest absolute Gasteiger partial charge is 0.748 e. The Hall–Kier alpha value is 1.43. The minimum absolute atomic E-state index is 0. The zero-order valence-electron chi connectivity index (χ0n) is 9.55. The molecule has 90 valence electrons. The molecule has 1 fully saturated rings. The van der Waals surface area contributed by atoms with Crippen molar-refractivity contribution in [2.24, 2.45) is 0 Å². The van der Waals surface area contributed by atoms with Gasteiger partial charge in [-0.3, -0.25) is 4.90 Å². The van der Waals surface area contributed by atoms with E-state index in [0.29, 0.717) is 6.42 Å². The average molecular weight is 276 g/mol. The van der Waals surface area contributed by atoms with Gasteiger partial charge in [0.25, 0.3) is 0 Å². The van der Waals surface area contributed by atoms with Crippen molar-refractivity contribution in [3.8, 4) is 0 Å². The number of hydrogen-bond donors (Lipinski definition) is 2. The van der Waals surface area contributed by atoms with Crippen molar-refractivity contribution >= 4 is 10.1 Å². The number of aliphatic hydroxyl groups excluding tert-OH is 1. The second-order valence-corrected chi connectivity index (χ2v) is 5.19. The zero-order chi connectivity index (χ0) is 11.3. The van der Waals surface area contributed by atoms with Gasteiger partial charge in [-0.15, -0.1) is 0 Å². The van der Waals surface area contributed by atoms with Crippen LogP contribution in [0.25, 0.3) is 0 Å². The van der Waals surface area contributed by atoms with Crippen LogP contribution < -0.4 is 56.7 Å². The van der Waals surface area contributed by atoms with Crippen LogP contribution in [0.4, 0.5) is 0 Å². The Bertz CT molecular complexity index is 284. The molecule has 2 N–H and O–H groups in total. The van der Waals surface area contributed by atoms with E-state index in [1.807, 2.05) is 4.90 Å². The fraction of sp³-hybridized carbons (Fsp3) is 1.00. The molecular weight excluding hydrogens is 259 g/mol. The van der Waals surface area contributed by atoms with Gasteiger partial charge in [0.2, 0.25) is 0 Å². The van der Waals surface area contributed by atoms with Gasteiger partial charge < -0.3 is 15.0 Å². The number of rotatable bonds is 5. The largest absolute Gasteiger partial charge is 1.00 e. The first kappa shape index (κ1) is 17.4. The summed E-state index contributed by atoms with van der Waals surface area (Å²) in [4.78, 5) is 1.95. The van der Waals surface area contributed by atoms with Crippen LogP contribution in [-0.4, -0.2) is 67.6 Å². The molecule has 1 atom stereocenters. The number of nitrogens with zero attached hydrogens (tertiary/aromatic N) is 1. The molecule has 8 heteroatoms. The van der Waals surface area contributed by atoms with E-state index >= 15 is 0 Å². The summed E-state index contributed by atoms with van der Waals surface area (Å²) in [6.07, 6.45) is 0.603. The molecule has 0 radical (unpaired) electrons. The summed E-state index contributed by atoms with van der Waals surface area (Å²) < 4.78 is 31.5. The Labute approximate surface area is 139 Å². The normalized spacial score (nSPS) is 22.8. The first-order valence-corrected chi connectivity index (χ1v) is 6.60. The van der Waals surface area contributed by atoms with E-state index in [-0.39, 0.29) is 76.3 Å². The van der Waals surface area contributed by atoms with E-state index in [1.54, 1.807) is 0 Å². The predicted molar refractivity (Wildman–Crippen MR) is 54.5 cm³/mol. The van der Waals surface area contributed by atoms with Crippen molar-refractivity contribution in [3.05, 3.63) is 0 Å². The van der Waals surface area contributed by atoms with Crippen LogP contribution in [0, 0.1) is 0 Å². The molecule has 16 heavy (non-hydrogen) atoms. The Morgan fingerprint density at radius 2 is 2.19 bits per heavy atom. The molecule has 0 aromatic heterocycles. The van der Waals surface area contributed by atoms with Gasteiger partial charge in [0, 0.05) is 38.8 Å². The number of hydrogen-bond acceptors (Lipinski definition) is 6. The van der Waals surface area contributed by atoms with Crippen LogP contribution in [0.1, 0.15) is 6.42 Å². The molecule has 1 aliphatic heterocycles. The molecule has 0 aromatic carbocycles. The maximum absolute atomic E-state index is 10.5.